The predicted molar refractivity (Wildman–Crippen MR) is 89.2 cm³/mol. The van der Waals surface area contributed by atoms with Gasteiger partial charge < -0.3 is 14.8 Å². The lowest BCUT2D eigenvalue weighted by atomic mass is 10.2. The van der Waals surface area contributed by atoms with Gasteiger partial charge in [-0.2, -0.15) is 0 Å². The first-order valence-electron chi connectivity index (χ1n) is 7.10. The number of anilines is 1. The molecule has 5 nitrogen and oxygen atoms in total. The zero-order valence-electron chi connectivity index (χ0n) is 12.9. The average Bonchev–Trinajstić information content (AvgIpc) is 2.61. The van der Waals surface area contributed by atoms with Crippen LogP contribution in [0.25, 0.3) is 10.9 Å². The molecule has 0 saturated heterocycles. The summed E-state index contributed by atoms with van der Waals surface area (Å²) in [6, 6.07) is 16.4. The molecule has 116 valence electrons. The number of amides is 1. The Labute approximate surface area is 133 Å². The highest BCUT2D eigenvalue weighted by Crippen LogP contribution is 2.29. The van der Waals surface area contributed by atoms with E-state index in [9.17, 15) is 4.79 Å². The number of fused-ring (bicyclic) bond motifs is 1. The van der Waals surface area contributed by atoms with E-state index in [0.717, 1.165) is 10.9 Å². The summed E-state index contributed by atoms with van der Waals surface area (Å²) >= 11 is 0. The van der Waals surface area contributed by atoms with Gasteiger partial charge >= 0.3 is 0 Å². The van der Waals surface area contributed by atoms with Crippen LogP contribution in [0.15, 0.2) is 54.6 Å². The minimum atomic E-state index is -0.275. The third kappa shape index (κ3) is 3.08. The van der Waals surface area contributed by atoms with E-state index in [1.807, 2.05) is 30.3 Å². The normalized spacial score (nSPS) is 10.3. The standard InChI is InChI=1S/C18H16N2O3/c1-22-16-10-8-13(11-17(16)23-2)19-18(21)15-9-7-12-5-3-4-6-14(12)20-15/h3-11H,1-2H3,(H,19,21). The average molecular weight is 308 g/mol. The Morgan fingerprint density at radius 2 is 1.74 bits per heavy atom. The summed E-state index contributed by atoms with van der Waals surface area (Å²) in [5.74, 6) is 0.883. The molecule has 0 aliphatic heterocycles. The number of aromatic nitrogens is 1. The van der Waals surface area contributed by atoms with E-state index in [2.05, 4.69) is 10.3 Å². The summed E-state index contributed by atoms with van der Waals surface area (Å²) in [5.41, 5.74) is 1.76. The molecule has 1 amide bonds. The molecule has 0 unspecified atom stereocenters. The molecule has 0 radical (unpaired) electrons. The van der Waals surface area contributed by atoms with Crippen LogP contribution in [-0.2, 0) is 0 Å². The summed E-state index contributed by atoms with van der Waals surface area (Å²) in [5, 5.41) is 3.81. The fourth-order valence-corrected chi connectivity index (χ4v) is 2.30. The number of pyridine rings is 1. The maximum Gasteiger partial charge on any atom is 0.274 e. The molecule has 0 saturated carbocycles. The van der Waals surface area contributed by atoms with Crippen LogP contribution in [0, 0.1) is 0 Å². The molecule has 3 aromatic rings. The Hall–Kier alpha value is -3.08. The lowest BCUT2D eigenvalue weighted by molar-refractivity contribution is 0.102. The number of hydrogen-bond donors (Lipinski definition) is 1. The summed E-state index contributed by atoms with van der Waals surface area (Å²) in [6.45, 7) is 0. The smallest absolute Gasteiger partial charge is 0.274 e. The van der Waals surface area contributed by atoms with E-state index in [-0.39, 0.29) is 5.91 Å². The Morgan fingerprint density at radius 1 is 0.957 bits per heavy atom. The first-order valence-corrected chi connectivity index (χ1v) is 7.10. The number of nitrogens with one attached hydrogen (secondary N) is 1. The van der Waals surface area contributed by atoms with Crippen molar-refractivity contribution in [1.82, 2.24) is 4.98 Å². The van der Waals surface area contributed by atoms with Crippen molar-refractivity contribution in [2.75, 3.05) is 19.5 Å². The zero-order chi connectivity index (χ0) is 16.2. The number of rotatable bonds is 4. The zero-order valence-corrected chi connectivity index (χ0v) is 12.9. The molecule has 3 rings (SSSR count). The van der Waals surface area contributed by atoms with E-state index >= 15 is 0 Å². The molecule has 2 aromatic carbocycles. The number of hydrogen-bond acceptors (Lipinski definition) is 4. The lowest BCUT2D eigenvalue weighted by Crippen LogP contribution is -2.13. The molecule has 0 aliphatic rings. The number of methoxy groups -OCH3 is 2. The van der Waals surface area contributed by atoms with E-state index in [0.29, 0.717) is 22.9 Å². The summed E-state index contributed by atoms with van der Waals surface area (Å²) in [7, 11) is 3.11. The van der Waals surface area contributed by atoms with Crippen LogP contribution in [0.3, 0.4) is 0 Å². The maximum atomic E-state index is 12.4. The van der Waals surface area contributed by atoms with Gasteiger partial charge in [0, 0.05) is 17.1 Å². The van der Waals surface area contributed by atoms with Gasteiger partial charge in [0.15, 0.2) is 11.5 Å². The van der Waals surface area contributed by atoms with Gasteiger partial charge in [0.1, 0.15) is 5.69 Å². The van der Waals surface area contributed by atoms with Gasteiger partial charge in [-0.05, 0) is 24.3 Å². The SMILES string of the molecule is COc1ccc(NC(=O)c2ccc3ccccc3n2)cc1OC. The molecule has 0 bridgehead atoms. The second-order valence-corrected chi connectivity index (χ2v) is 4.91. The third-order valence-electron chi connectivity index (χ3n) is 3.47. The Kier molecular flexibility index (Phi) is 4.10. The van der Waals surface area contributed by atoms with Crippen molar-refractivity contribution in [1.29, 1.82) is 0 Å². The molecule has 1 aromatic heterocycles. The summed E-state index contributed by atoms with van der Waals surface area (Å²) in [4.78, 5) is 16.7. The van der Waals surface area contributed by atoms with Crippen molar-refractivity contribution < 1.29 is 14.3 Å². The van der Waals surface area contributed by atoms with Crippen molar-refractivity contribution in [3.05, 3.63) is 60.3 Å². The third-order valence-corrected chi connectivity index (χ3v) is 3.47. The number of ether oxygens (including phenoxy) is 2. The van der Waals surface area contributed by atoms with Crippen molar-refractivity contribution in [3.63, 3.8) is 0 Å². The quantitative estimate of drug-likeness (QED) is 0.801. The molecule has 0 atom stereocenters. The Bertz CT molecular complexity index is 862. The highest BCUT2D eigenvalue weighted by atomic mass is 16.5. The Balaban J connectivity index is 1.85. The molecule has 0 spiro atoms. The van der Waals surface area contributed by atoms with E-state index in [1.54, 1.807) is 38.5 Å². The van der Waals surface area contributed by atoms with Crippen molar-refractivity contribution in [3.8, 4) is 11.5 Å². The Morgan fingerprint density at radius 3 is 2.52 bits per heavy atom. The van der Waals surface area contributed by atoms with E-state index in [4.69, 9.17) is 9.47 Å². The van der Waals surface area contributed by atoms with Gasteiger partial charge in [-0.3, -0.25) is 4.79 Å². The number of carbonyl (C=O) groups excluding carboxylic acids is 1. The highest BCUT2D eigenvalue weighted by Gasteiger charge is 2.11. The van der Waals surface area contributed by atoms with Crippen LogP contribution in [0.5, 0.6) is 11.5 Å². The molecular weight excluding hydrogens is 292 g/mol. The topological polar surface area (TPSA) is 60.5 Å². The molecule has 23 heavy (non-hydrogen) atoms. The van der Waals surface area contributed by atoms with Crippen LogP contribution < -0.4 is 14.8 Å². The fraction of sp³-hybridized carbons (Fsp3) is 0.111. The first kappa shape index (κ1) is 14.8. The maximum absolute atomic E-state index is 12.4. The van der Waals surface area contributed by atoms with Crippen molar-refractivity contribution >= 4 is 22.5 Å². The molecule has 0 fully saturated rings. The largest absolute Gasteiger partial charge is 0.493 e. The van der Waals surface area contributed by atoms with Gasteiger partial charge in [-0.25, -0.2) is 4.98 Å². The number of carbonyl (C=O) groups is 1. The van der Waals surface area contributed by atoms with Crippen molar-refractivity contribution in [2.24, 2.45) is 0 Å². The van der Waals surface area contributed by atoms with Crippen LogP contribution in [0.1, 0.15) is 10.5 Å². The second-order valence-electron chi connectivity index (χ2n) is 4.91. The second kappa shape index (κ2) is 6.36. The number of nitrogens with zero attached hydrogens (tertiary/aromatic N) is 1. The van der Waals surface area contributed by atoms with Gasteiger partial charge in [-0.1, -0.05) is 24.3 Å². The molecular formula is C18H16N2O3. The van der Waals surface area contributed by atoms with Crippen LogP contribution >= 0.6 is 0 Å². The summed E-state index contributed by atoms with van der Waals surface area (Å²) < 4.78 is 10.4. The fourth-order valence-electron chi connectivity index (χ4n) is 2.30. The van der Waals surface area contributed by atoms with E-state index in [1.165, 1.54) is 0 Å². The van der Waals surface area contributed by atoms with Gasteiger partial charge in [0.05, 0.1) is 19.7 Å². The first-order chi connectivity index (χ1) is 11.2. The molecule has 1 N–H and O–H groups in total. The molecule has 0 aliphatic carbocycles. The van der Waals surface area contributed by atoms with Gasteiger partial charge in [0.25, 0.3) is 5.91 Å². The lowest BCUT2D eigenvalue weighted by Gasteiger charge is -2.10. The minimum absolute atomic E-state index is 0.275. The van der Waals surface area contributed by atoms with Gasteiger partial charge in [-0.15, -0.1) is 0 Å². The summed E-state index contributed by atoms with van der Waals surface area (Å²) in [6.07, 6.45) is 0. The monoisotopic (exact) mass is 308 g/mol. The van der Waals surface area contributed by atoms with Crippen molar-refractivity contribution in [2.45, 2.75) is 0 Å². The number of para-hydroxylation sites is 1. The molecule has 5 heteroatoms. The number of benzene rings is 2. The predicted octanol–water partition coefficient (Wildman–Crippen LogP) is 3.50. The van der Waals surface area contributed by atoms with Crippen LogP contribution in [0.2, 0.25) is 0 Å². The minimum Gasteiger partial charge on any atom is -0.493 e. The highest BCUT2D eigenvalue weighted by molar-refractivity contribution is 6.04. The van der Waals surface area contributed by atoms with E-state index < -0.39 is 0 Å². The van der Waals surface area contributed by atoms with Crippen LogP contribution in [0.4, 0.5) is 5.69 Å². The van der Waals surface area contributed by atoms with Gasteiger partial charge in [0.2, 0.25) is 0 Å². The van der Waals surface area contributed by atoms with Crippen LogP contribution in [-0.4, -0.2) is 25.1 Å². The molecule has 1 heterocycles.